The summed E-state index contributed by atoms with van der Waals surface area (Å²) in [6.45, 7) is -0.770. The fraction of sp³-hybridized carbons (Fsp3) is 0.300. The highest BCUT2D eigenvalue weighted by molar-refractivity contribution is 5.95. The van der Waals surface area contributed by atoms with Crippen molar-refractivity contribution in [3.8, 4) is 0 Å². The number of amides is 3. The molecule has 9 heteroatoms. The first-order valence-corrected chi connectivity index (χ1v) is 8.88. The van der Waals surface area contributed by atoms with Crippen LogP contribution in [0.5, 0.6) is 0 Å². The van der Waals surface area contributed by atoms with Crippen LogP contribution >= 0.6 is 0 Å². The van der Waals surface area contributed by atoms with Crippen molar-refractivity contribution in [1.82, 2.24) is 15.5 Å². The second-order valence-electron chi connectivity index (χ2n) is 6.37. The lowest BCUT2D eigenvalue weighted by atomic mass is 10.1. The minimum Gasteiger partial charge on any atom is -0.459 e. The highest BCUT2D eigenvalue weighted by Gasteiger charge is 2.25. The van der Waals surface area contributed by atoms with E-state index in [0.29, 0.717) is 0 Å². The minimum atomic E-state index is -1.02. The summed E-state index contributed by atoms with van der Waals surface area (Å²) in [5.41, 5.74) is 0.801. The van der Waals surface area contributed by atoms with Crippen LogP contribution in [-0.2, 0) is 25.5 Å². The number of likely N-dealkylation sites (N-methyl/N-ethyl adjacent to an activating group) is 1. The quantitative estimate of drug-likeness (QED) is 0.586. The van der Waals surface area contributed by atoms with E-state index in [4.69, 9.17) is 9.15 Å². The van der Waals surface area contributed by atoms with Gasteiger partial charge >= 0.3 is 5.97 Å². The van der Waals surface area contributed by atoms with Gasteiger partial charge in [-0.25, -0.2) is 4.79 Å². The zero-order chi connectivity index (χ0) is 21.2. The number of rotatable bonds is 9. The molecule has 0 spiro atoms. The number of esters is 1. The number of nitrogens with zero attached hydrogens (tertiary/aromatic N) is 1. The molecule has 0 saturated carbocycles. The van der Waals surface area contributed by atoms with Crippen molar-refractivity contribution in [3.05, 3.63) is 60.1 Å². The van der Waals surface area contributed by atoms with E-state index < -0.39 is 30.4 Å². The third-order valence-electron chi connectivity index (χ3n) is 3.90. The van der Waals surface area contributed by atoms with E-state index in [1.165, 1.54) is 17.2 Å². The van der Waals surface area contributed by atoms with Gasteiger partial charge in [0.2, 0.25) is 5.91 Å². The molecule has 0 saturated heterocycles. The van der Waals surface area contributed by atoms with E-state index in [-0.39, 0.29) is 24.6 Å². The lowest BCUT2D eigenvalue weighted by Crippen LogP contribution is -2.44. The highest BCUT2D eigenvalue weighted by Crippen LogP contribution is 2.07. The average Bonchev–Trinajstić information content (AvgIpc) is 3.25. The maximum Gasteiger partial charge on any atom is 0.329 e. The molecule has 1 aromatic carbocycles. The molecule has 2 aromatic rings. The van der Waals surface area contributed by atoms with E-state index in [0.717, 1.165) is 5.56 Å². The van der Waals surface area contributed by atoms with Gasteiger partial charge in [-0.05, 0) is 17.7 Å². The van der Waals surface area contributed by atoms with Crippen LogP contribution in [0.4, 0.5) is 0 Å². The monoisotopic (exact) mass is 401 g/mol. The fourth-order valence-corrected chi connectivity index (χ4v) is 2.30. The van der Waals surface area contributed by atoms with Crippen LogP contribution in [0.1, 0.15) is 16.1 Å². The SMILES string of the molecule is CN(C)C(=O)CNC(=O)COC(=O)[C@H](Cc1ccccc1)NC(=O)c1ccco1. The predicted molar refractivity (Wildman–Crippen MR) is 103 cm³/mol. The Balaban J connectivity index is 1.95. The number of benzene rings is 1. The zero-order valence-electron chi connectivity index (χ0n) is 16.2. The molecule has 0 unspecified atom stereocenters. The number of carbonyl (C=O) groups is 4. The first kappa shape index (κ1) is 21.7. The molecule has 0 radical (unpaired) electrons. The summed E-state index contributed by atoms with van der Waals surface area (Å²) >= 11 is 0. The Hall–Kier alpha value is -3.62. The minimum absolute atomic E-state index is 0.0517. The molecule has 0 aliphatic carbocycles. The summed E-state index contributed by atoms with van der Waals surface area (Å²) < 4.78 is 10.1. The van der Waals surface area contributed by atoms with Crippen molar-refractivity contribution in [3.63, 3.8) is 0 Å². The number of carbonyl (C=O) groups excluding carboxylic acids is 4. The zero-order valence-corrected chi connectivity index (χ0v) is 16.2. The Morgan fingerprint density at radius 3 is 2.41 bits per heavy atom. The molecule has 154 valence electrons. The van der Waals surface area contributed by atoms with E-state index in [9.17, 15) is 19.2 Å². The van der Waals surface area contributed by atoms with Gasteiger partial charge in [-0.1, -0.05) is 30.3 Å². The van der Waals surface area contributed by atoms with Crippen molar-refractivity contribution in [1.29, 1.82) is 0 Å². The fourth-order valence-electron chi connectivity index (χ4n) is 2.30. The van der Waals surface area contributed by atoms with Crippen molar-refractivity contribution >= 4 is 23.7 Å². The second kappa shape index (κ2) is 10.6. The third-order valence-corrected chi connectivity index (χ3v) is 3.90. The number of ether oxygens (including phenoxy) is 1. The summed E-state index contributed by atoms with van der Waals surface area (Å²) in [6, 6.07) is 11.1. The molecule has 3 amide bonds. The van der Waals surface area contributed by atoms with E-state index in [2.05, 4.69) is 10.6 Å². The molecule has 0 bridgehead atoms. The lowest BCUT2D eigenvalue weighted by molar-refractivity contribution is -0.150. The van der Waals surface area contributed by atoms with Crippen molar-refractivity contribution in [2.24, 2.45) is 0 Å². The van der Waals surface area contributed by atoms with Gasteiger partial charge in [0.25, 0.3) is 11.8 Å². The number of nitrogens with one attached hydrogen (secondary N) is 2. The summed E-state index contributed by atoms with van der Waals surface area (Å²) in [4.78, 5) is 49.3. The maximum atomic E-state index is 12.5. The third kappa shape index (κ3) is 7.13. The molecule has 0 fully saturated rings. The average molecular weight is 401 g/mol. The Labute approximate surface area is 168 Å². The summed E-state index contributed by atoms with van der Waals surface area (Å²) in [5, 5.41) is 4.92. The molecule has 29 heavy (non-hydrogen) atoms. The lowest BCUT2D eigenvalue weighted by Gasteiger charge is -2.17. The molecule has 1 aromatic heterocycles. The van der Waals surface area contributed by atoms with Gasteiger partial charge in [0, 0.05) is 20.5 Å². The molecule has 1 atom stereocenters. The largest absolute Gasteiger partial charge is 0.459 e. The van der Waals surface area contributed by atoms with Crippen LogP contribution in [0, 0.1) is 0 Å². The van der Waals surface area contributed by atoms with Crippen molar-refractivity contribution in [2.75, 3.05) is 27.2 Å². The van der Waals surface area contributed by atoms with Gasteiger partial charge in [-0.2, -0.15) is 0 Å². The standard InChI is InChI=1S/C20H23N3O6/c1-23(2)18(25)12-21-17(24)13-29-20(27)15(11-14-7-4-3-5-8-14)22-19(26)16-9-6-10-28-16/h3-10,15H,11-13H2,1-2H3,(H,21,24)(H,22,26)/t15-/m0/s1. The second-order valence-corrected chi connectivity index (χ2v) is 6.37. The Kier molecular flexibility index (Phi) is 7.96. The maximum absolute atomic E-state index is 12.5. The van der Waals surface area contributed by atoms with Gasteiger partial charge in [0.1, 0.15) is 6.04 Å². The molecular formula is C20H23N3O6. The summed E-state index contributed by atoms with van der Waals surface area (Å²) in [6.07, 6.45) is 1.52. The molecule has 1 heterocycles. The van der Waals surface area contributed by atoms with E-state index >= 15 is 0 Å². The van der Waals surface area contributed by atoms with Crippen LogP contribution < -0.4 is 10.6 Å². The summed E-state index contributed by atoms with van der Waals surface area (Å²) in [7, 11) is 3.12. The smallest absolute Gasteiger partial charge is 0.329 e. The predicted octanol–water partition coefficient (Wildman–Crippen LogP) is 0.368. The van der Waals surface area contributed by atoms with Crippen LogP contribution in [0.25, 0.3) is 0 Å². The Morgan fingerprint density at radius 2 is 1.79 bits per heavy atom. The van der Waals surface area contributed by atoms with Gasteiger partial charge in [-0.15, -0.1) is 0 Å². The molecule has 2 rings (SSSR count). The van der Waals surface area contributed by atoms with E-state index in [1.54, 1.807) is 44.4 Å². The Morgan fingerprint density at radius 1 is 1.07 bits per heavy atom. The first-order valence-electron chi connectivity index (χ1n) is 8.88. The molecule has 2 N–H and O–H groups in total. The van der Waals surface area contributed by atoms with Crippen LogP contribution in [0.2, 0.25) is 0 Å². The normalized spacial score (nSPS) is 11.2. The van der Waals surface area contributed by atoms with Gasteiger partial charge < -0.3 is 24.7 Å². The van der Waals surface area contributed by atoms with E-state index in [1.807, 2.05) is 6.07 Å². The van der Waals surface area contributed by atoms with Gasteiger partial charge in [0.15, 0.2) is 12.4 Å². The molecular weight excluding hydrogens is 378 g/mol. The molecule has 9 nitrogen and oxygen atoms in total. The van der Waals surface area contributed by atoms with Gasteiger partial charge in [-0.3, -0.25) is 14.4 Å². The molecule has 0 aliphatic heterocycles. The number of hydrogen-bond acceptors (Lipinski definition) is 6. The first-order chi connectivity index (χ1) is 13.9. The van der Waals surface area contributed by atoms with Crippen molar-refractivity contribution < 1.29 is 28.3 Å². The van der Waals surface area contributed by atoms with Crippen LogP contribution in [-0.4, -0.2) is 61.9 Å². The van der Waals surface area contributed by atoms with Gasteiger partial charge in [0.05, 0.1) is 12.8 Å². The Bertz CT molecular complexity index is 833. The molecule has 0 aliphatic rings. The number of hydrogen-bond donors (Lipinski definition) is 2. The number of furan rings is 1. The topological polar surface area (TPSA) is 118 Å². The van der Waals surface area contributed by atoms with Crippen LogP contribution in [0.15, 0.2) is 53.1 Å². The van der Waals surface area contributed by atoms with Crippen molar-refractivity contribution in [2.45, 2.75) is 12.5 Å². The van der Waals surface area contributed by atoms with Crippen LogP contribution in [0.3, 0.4) is 0 Å². The summed E-state index contributed by atoms with van der Waals surface area (Å²) in [5.74, 6) is -2.21. The highest BCUT2D eigenvalue weighted by atomic mass is 16.5.